The third-order valence-corrected chi connectivity index (χ3v) is 5.12. The van der Waals surface area contributed by atoms with Gasteiger partial charge in [-0.1, -0.05) is 0 Å². The van der Waals surface area contributed by atoms with Crippen molar-refractivity contribution in [3.05, 3.63) is 22.7 Å². The summed E-state index contributed by atoms with van der Waals surface area (Å²) >= 11 is 1.60. The average Bonchev–Trinajstić information content (AvgIpc) is 3.14. The highest BCUT2D eigenvalue weighted by Crippen LogP contribution is 2.47. The molecule has 0 amide bonds. The minimum absolute atomic E-state index is 0.217. The van der Waals surface area contributed by atoms with E-state index in [2.05, 4.69) is 13.0 Å². The zero-order chi connectivity index (χ0) is 14.6. The number of nitrogen functional groups attached to an aromatic ring is 1. The topological polar surface area (TPSA) is 57.4 Å². The number of fused-ring (bicyclic) bond motifs is 1. The fourth-order valence-electron chi connectivity index (χ4n) is 2.84. The monoisotopic (exact) mass is 302 g/mol. The first kappa shape index (κ1) is 13.0. The van der Waals surface area contributed by atoms with Gasteiger partial charge in [-0.3, -0.25) is 0 Å². The lowest BCUT2D eigenvalue weighted by Gasteiger charge is -2.10. The highest BCUT2D eigenvalue weighted by Gasteiger charge is 2.29. The quantitative estimate of drug-likeness (QED) is 0.941. The third kappa shape index (κ3) is 2.16. The van der Waals surface area contributed by atoms with Gasteiger partial charge in [0.05, 0.1) is 12.1 Å². The van der Waals surface area contributed by atoms with E-state index in [4.69, 9.17) is 20.2 Å². The molecule has 1 aromatic carbocycles. The maximum absolute atomic E-state index is 6.19. The fraction of sp³-hybridized carbons (Fsp3) is 0.438. The molecule has 0 bridgehead atoms. The van der Waals surface area contributed by atoms with Gasteiger partial charge in [0, 0.05) is 23.5 Å². The lowest BCUT2D eigenvalue weighted by molar-refractivity contribution is 0.254. The van der Waals surface area contributed by atoms with Crippen LogP contribution in [0.5, 0.6) is 11.5 Å². The molecule has 0 spiro atoms. The van der Waals surface area contributed by atoms with Crippen molar-refractivity contribution in [2.75, 3.05) is 12.8 Å². The molecule has 1 fully saturated rings. The van der Waals surface area contributed by atoms with Gasteiger partial charge in [0.25, 0.3) is 0 Å². The van der Waals surface area contributed by atoms with Gasteiger partial charge in [-0.25, -0.2) is 4.98 Å². The number of rotatable bonds is 3. The molecule has 21 heavy (non-hydrogen) atoms. The molecular formula is C16H18N2O2S. The second kappa shape index (κ2) is 4.63. The summed E-state index contributed by atoms with van der Waals surface area (Å²) in [5.41, 5.74) is 9.16. The summed E-state index contributed by atoms with van der Waals surface area (Å²) in [5, 5.41) is 1.92. The summed E-state index contributed by atoms with van der Waals surface area (Å²) in [4.78, 5) is 4.75. The predicted octanol–water partition coefficient (Wildman–Crippen LogP) is 3.60. The van der Waals surface area contributed by atoms with E-state index in [1.807, 2.05) is 6.07 Å². The Bertz CT molecular complexity index is 707. The molecule has 4 nitrogen and oxygen atoms in total. The van der Waals surface area contributed by atoms with Gasteiger partial charge in [-0.2, -0.15) is 0 Å². The number of hydrogen-bond donors (Lipinski definition) is 1. The van der Waals surface area contributed by atoms with Crippen LogP contribution in [0.1, 0.15) is 36.3 Å². The molecule has 2 heterocycles. The molecule has 1 atom stereocenters. The summed E-state index contributed by atoms with van der Waals surface area (Å²) in [7, 11) is 1.69. The van der Waals surface area contributed by atoms with Crippen LogP contribution in [0.3, 0.4) is 0 Å². The van der Waals surface area contributed by atoms with Crippen LogP contribution in [0.25, 0.3) is 11.3 Å². The first-order chi connectivity index (χ1) is 10.2. The molecule has 1 aliphatic carbocycles. The maximum Gasteiger partial charge on any atom is 0.128 e. The van der Waals surface area contributed by atoms with Gasteiger partial charge in [-0.05, 0) is 31.9 Å². The molecule has 4 rings (SSSR count). The van der Waals surface area contributed by atoms with E-state index in [0.29, 0.717) is 5.92 Å². The van der Waals surface area contributed by atoms with Crippen molar-refractivity contribution in [1.82, 2.24) is 4.98 Å². The van der Waals surface area contributed by atoms with Gasteiger partial charge >= 0.3 is 0 Å². The number of aromatic nitrogens is 1. The van der Waals surface area contributed by atoms with E-state index >= 15 is 0 Å². The normalized spacial score (nSPS) is 20.2. The van der Waals surface area contributed by atoms with Gasteiger partial charge in [0.1, 0.15) is 28.3 Å². The van der Waals surface area contributed by atoms with Crippen molar-refractivity contribution in [3.8, 4) is 22.8 Å². The van der Waals surface area contributed by atoms with Crippen molar-refractivity contribution in [2.24, 2.45) is 0 Å². The first-order valence-corrected chi connectivity index (χ1v) is 8.11. The first-order valence-electron chi connectivity index (χ1n) is 7.30. The molecule has 5 heteroatoms. The predicted molar refractivity (Wildman–Crippen MR) is 84.3 cm³/mol. The fourth-order valence-corrected chi connectivity index (χ4v) is 3.86. The Morgan fingerprint density at radius 2 is 2.19 bits per heavy atom. The van der Waals surface area contributed by atoms with Crippen LogP contribution in [0.2, 0.25) is 0 Å². The van der Waals surface area contributed by atoms with E-state index < -0.39 is 0 Å². The Labute approximate surface area is 127 Å². The minimum Gasteiger partial charge on any atom is -0.496 e. The van der Waals surface area contributed by atoms with E-state index in [1.165, 1.54) is 18.4 Å². The van der Waals surface area contributed by atoms with Crippen molar-refractivity contribution in [3.63, 3.8) is 0 Å². The van der Waals surface area contributed by atoms with Crippen LogP contribution in [0.15, 0.2) is 12.1 Å². The number of benzene rings is 1. The van der Waals surface area contributed by atoms with Crippen molar-refractivity contribution < 1.29 is 9.47 Å². The van der Waals surface area contributed by atoms with Crippen LogP contribution in [0, 0.1) is 0 Å². The van der Waals surface area contributed by atoms with E-state index in [9.17, 15) is 0 Å². The maximum atomic E-state index is 6.19. The van der Waals surface area contributed by atoms with Gasteiger partial charge in [0.15, 0.2) is 0 Å². The lowest BCUT2D eigenvalue weighted by atomic mass is 10.0. The van der Waals surface area contributed by atoms with Crippen molar-refractivity contribution in [1.29, 1.82) is 0 Å². The van der Waals surface area contributed by atoms with Crippen LogP contribution in [0.4, 0.5) is 5.00 Å². The molecule has 1 aromatic heterocycles. The summed E-state index contributed by atoms with van der Waals surface area (Å²) in [6.45, 7) is 2.08. The second-order valence-corrected chi connectivity index (χ2v) is 6.89. The minimum atomic E-state index is 0.217. The Kier molecular flexibility index (Phi) is 2.85. The van der Waals surface area contributed by atoms with Crippen LogP contribution >= 0.6 is 11.3 Å². The number of thiazole rings is 1. The molecule has 110 valence electrons. The number of nitrogens with zero attached hydrogens (tertiary/aromatic N) is 1. The SMILES string of the molecule is COc1cc2c(cc1-c1nc(C3CC3)sc1N)OC(C)C2. The summed E-state index contributed by atoms with van der Waals surface area (Å²) < 4.78 is 11.4. The van der Waals surface area contributed by atoms with Crippen molar-refractivity contribution >= 4 is 16.3 Å². The van der Waals surface area contributed by atoms with Crippen LogP contribution < -0.4 is 15.2 Å². The molecule has 1 unspecified atom stereocenters. The molecule has 1 saturated carbocycles. The highest BCUT2D eigenvalue weighted by atomic mass is 32.1. The summed E-state index contributed by atoms with van der Waals surface area (Å²) in [6.07, 6.45) is 3.60. The Balaban J connectivity index is 1.82. The smallest absolute Gasteiger partial charge is 0.128 e. The Hall–Kier alpha value is -1.75. The summed E-state index contributed by atoms with van der Waals surface area (Å²) in [5.74, 6) is 2.37. The average molecular weight is 302 g/mol. The number of hydrogen-bond acceptors (Lipinski definition) is 5. The number of methoxy groups -OCH3 is 1. The lowest BCUT2D eigenvalue weighted by Crippen LogP contribution is -2.05. The Morgan fingerprint density at radius 1 is 1.38 bits per heavy atom. The number of anilines is 1. The number of nitrogens with two attached hydrogens (primary N) is 1. The van der Waals surface area contributed by atoms with Gasteiger partial charge in [-0.15, -0.1) is 11.3 Å². The van der Waals surface area contributed by atoms with Crippen LogP contribution in [-0.2, 0) is 6.42 Å². The van der Waals surface area contributed by atoms with E-state index in [0.717, 1.165) is 39.2 Å². The molecular weight excluding hydrogens is 284 g/mol. The third-order valence-electron chi connectivity index (χ3n) is 4.07. The molecule has 1 aliphatic heterocycles. The second-order valence-electron chi connectivity index (χ2n) is 5.83. The standard InChI is InChI=1S/C16H18N2O2S/c1-8-5-10-6-13(19-2)11(7-12(10)20-8)14-15(17)21-16(18-14)9-3-4-9/h6-9H,3-5,17H2,1-2H3. The van der Waals surface area contributed by atoms with Gasteiger partial charge in [0.2, 0.25) is 0 Å². The van der Waals surface area contributed by atoms with E-state index in [1.54, 1.807) is 18.4 Å². The molecule has 0 radical (unpaired) electrons. The molecule has 2 aromatic rings. The van der Waals surface area contributed by atoms with Crippen molar-refractivity contribution in [2.45, 2.75) is 38.2 Å². The zero-order valence-electron chi connectivity index (χ0n) is 12.2. The molecule has 2 aliphatic rings. The summed E-state index contributed by atoms with van der Waals surface area (Å²) in [6, 6.07) is 4.09. The molecule has 2 N–H and O–H groups in total. The number of ether oxygens (including phenoxy) is 2. The Morgan fingerprint density at radius 3 is 2.90 bits per heavy atom. The highest BCUT2D eigenvalue weighted by molar-refractivity contribution is 7.16. The molecule has 0 saturated heterocycles. The zero-order valence-corrected chi connectivity index (χ0v) is 13.0. The van der Waals surface area contributed by atoms with Crippen LogP contribution in [-0.4, -0.2) is 18.2 Å². The van der Waals surface area contributed by atoms with Gasteiger partial charge < -0.3 is 15.2 Å². The largest absolute Gasteiger partial charge is 0.496 e. The van der Waals surface area contributed by atoms with E-state index in [-0.39, 0.29) is 6.10 Å².